The number of carbonyl (C=O) groups is 2. The van der Waals surface area contributed by atoms with E-state index in [1.165, 1.54) is 24.3 Å². The van der Waals surface area contributed by atoms with E-state index in [9.17, 15) is 20.1 Å². The van der Waals surface area contributed by atoms with Crippen molar-refractivity contribution in [2.24, 2.45) is 0 Å². The standard InChI is InChI=1S/2C7H6O3.Hg/c2*8-7(10-9)6-4-2-1-3-5-6;/h2*1-5,9H;/q;;+2/p-2. The van der Waals surface area contributed by atoms with Crippen LogP contribution in [-0.2, 0) is 37.4 Å². The molecule has 7 heteroatoms. The first-order valence-corrected chi connectivity index (χ1v) is 5.47. The molecule has 6 nitrogen and oxygen atoms in total. The number of hydrogen-bond donors (Lipinski definition) is 0. The van der Waals surface area contributed by atoms with Gasteiger partial charge in [-0.05, 0) is 24.3 Å². The molecule has 0 aliphatic heterocycles. The predicted octanol–water partition coefficient (Wildman–Crippen LogP) is 0.235. The molecule has 2 aromatic rings. The summed E-state index contributed by atoms with van der Waals surface area (Å²) in [5, 5.41) is 19.2. The molecule has 0 aliphatic rings. The molecule has 0 radical (unpaired) electrons. The summed E-state index contributed by atoms with van der Waals surface area (Å²) in [4.78, 5) is 27.5. The molecule has 0 atom stereocenters. The Labute approximate surface area is 141 Å². The SMILES string of the molecule is O=C(O[O-])c1ccccc1.O=C(O[O-])c1ccccc1.[Hg+2]. The number of hydrogen-bond acceptors (Lipinski definition) is 6. The summed E-state index contributed by atoms with van der Waals surface area (Å²) in [6.45, 7) is 0. The Morgan fingerprint density at radius 2 is 0.952 bits per heavy atom. The summed E-state index contributed by atoms with van der Waals surface area (Å²) < 4.78 is 0. The summed E-state index contributed by atoms with van der Waals surface area (Å²) in [5.74, 6) is -1.69. The van der Waals surface area contributed by atoms with Crippen molar-refractivity contribution in [2.45, 2.75) is 0 Å². The summed E-state index contributed by atoms with van der Waals surface area (Å²) in [6, 6.07) is 16.2. The van der Waals surface area contributed by atoms with E-state index in [-0.39, 0.29) is 38.8 Å². The molecule has 0 N–H and O–H groups in total. The van der Waals surface area contributed by atoms with Crippen molar-refractivity contribution >= 4 is 11.9 Å². The maximum Gasteiger partial charge on any atom is 2.00 e. The third-order valence-corrected chi connectivity index (χ3v) is 2.17. The summed E-state index contributed by atoms with van der Waals surface area (Å²) in [6.07, 6.45) is 0. The van der Waals surface area contributed by atoms with Gasteiger partial charge in [-0.15, -0.1) is 0 Å². The Hall–Kier alpha value is -1.76. The van der Waals surface area contributed by atoms with Crippen molar-refractivity contribution in [3.63, 3.8) is 0 Å². The molecule has 104 valence electrons. The van der Waals surface area contributed by atoms with Gasteiger partial charge in [0.1, 0.15) is 0 Å². The monoisotopic (exact) mass is 476 g/mol. The fourth-order valence-electron chi connectivity index (χ4n) is 1.24. The number of rotatable bonds is 2. The second-order valence-corrected chi connectivity index (χ2v) is 3.47. The Bertz CT molecular complexity index is 492. The molecule has 0 fully saturated rings. The van der Waals surface area contributed by atoms with E-state index in [1.54, 1.807) is 36.4 Å². The molecule has 0 saturated carbocycles. The van der Waals surface area contributed by atoms with Crippen LogP contribution in [0, 0.1) is 0 Å². The maximum atomic E-state index is 10.5. The minimum Gasteiger partial charge on any atom is -0.661 e. The first-order valence-electron chi connectivity index (χ1n) is 5.47. The molecule has 0 bridgehead atoms. The van der Waals surface area contributed by atoms with E-state index in [4.69, 9.17) is 0 Å². The molecule has 2 aromatic carbocycles. The average molecular weight is 475 g/mol. The molecule has 21 heavy (non-hydrogen) atoms. The molecule has 0 saturated heterocycles. The van der Waals surface area contributed by atoms with Crippen LogP contribution in [0.2, 0.25) is 0 Å². The van der Waals surface area contributed by atoms with E-state index < -0.39 is 11.9 Å². The topological polar surface area (TPSA) is 98.7 Å². The first-order chi connectivity index (χ1) is 9.69. The molecule has 0 heterocycles. The third kappa shape index (κ3) is 6.98. The van der Waals surface area contributed by atoms with E-state index >= 15 is 0 Å². The normalized spacial score (nSPS) is 8.48. The van der Waals surface area contributed by atoms with Crippen LogP contribution in [0.3, 0.4) is 0 Å². The zero-order chi connectivity index (χ0) is 14.8. The zero-order valence-electron chi connectivity index (χ0n) is 10.9. The number of benzene rings is 2. The van der Waals surface area contributed by atoms with Crippen LogP contribution in [0.15, 0.2) is 60.7 Å². The van der Waals surface area contributed by atoms with Crippen LogP contribution in [0.1, 0.15) is 20.7 Å². The van der Waals surface area contributed by atoms with Crippen molar-refractivity contribution in [3.8, 4) is 0 Å². The van der Waals surface area contributed by atoms with Crippen LogP contribution >= 0.6 is 0 Å². The van der Waals surface area contributed by atoms with Crippen molar-refractivity contribution in [1.82, 2.24) is 0 Å². The largest absolute Gasteiger partial charge is 2.00 e. The quantitative estimate of drug-likeness (QED) is 0.351. The van der Waals surface area contributed by atoms with Gasteiger partial charge in [-0.2, -0.15) is 0 Å². The van der Waals surface area contributed by atoms with Crippen LogP contribution in [0.25, 0.3) is 0 Å². The van der Waals surface area contributed by atoms with Gasteiger partial charge < -0.3 is 20.3 Å². The van der Waals surface area contributed by atoms with E-state index in [2.05, 4.69) is 9.78 Å². The molecule has 0 spiro atoms. The van der Waals surface area contributed by atoms with E-state index in [0.717, 1.165) is 0 Å². The third-order valence-electron chi connectivity index (χ3n) is 2.17. The first kappa shape index (κ1) is 19.2. The predicted molar refractivity (Wildman–Crippen MR) is 63.7 cm³/mol. The van der Waals surface area contributed by atoms with E-state index in [1.807, 2.05) is 0 Å². The average Bonchev–Trinajstić information content (AvgIpc) is 2.55. The minimum absolute atomic E-state index is 0. The fourth-order valence-corrected chi connectivity index (χ4v) is 1.24. The number of carbonyl (C=O) groups excluding carboxylic acids is 2. The molecule has 2 rings (SSSR count). The molecule has 0 unspecified atom stereocenters. The molecular weight excluding hydrogens is 465 g/mol. The van der Waals surface area contributed by atoms with Crippen LogP contribution in [0.5, 0.6) is 0 Å². The van der Waals surface area contributed by atoms with Gasteiger partial charge in [-0.3, -0.25) is 0 Å². The van der Waals surface area contributed by atoms with Crippen LogP contribution in [0.4, 0.5) is 0 Å². The minimum atomic E-state index is -0.847. The van der Waals surface area contributed by atoms with Crippen molar-refractivity contribution in [2.75, 3.05) is 0 Å². The van der Waals surface area contributed by atoms with Gasteiger partial charge in [0, 0.05) is 0 Å². The van der Waals surface area contributed by atoms with Gasteiger partial charge in [0.05, 0.1) is 11.1 Å². The van der Waals surface area contributed by atoms with Crippen molar-refractivity contribution < 1.29 is 57.5 Å². The molecule has 0 amide bonds. The fraction of sp³-hybridized carbons (Fsp3) is 0. The van der Waals surface area contributed by atoms with Gasteiger partial charge in [0.15, 0.2) is 0 Å². The van der Waals surface area contributed by atoms with Crippen molar-refractivity contribution in [3.05, 3.63) is 71.8 Å². The smallest absolute Gasteiger partial charge is 0.661 e. The molecule has 0 aromatic heterocycles. The summed E-state index contributed by atoms with van der Waals surface area (Å²) in [7, 11) is 0. The molecular formula is C14H10HgO6. The Morgan fingerprint density at radius 3 is 1.19 bits per heavy atom. The Kier molecular flexibility index (Phi) is 10.0. The van der Waals surface area contributed by atoms with Gasteiger partial charge in [0.25, 0.3) is 0 Å². The zero-order valence-corrected chi connectivity index (χ0v) is 16.4. The van der Waals surface area contributed by atoms with Gasteiger partial charge in [-0.25, -0.2) is 9.59 Å². The van der Waals surface area contributed by atoms with E-state index in [0.29, 0.717) is 0 Å². The Balaban J connectivity index is 0.000000364. The van der Waals surface area contributed by atoms with Gasteiger partial charge >= 0.3 is 39.6 Å². The second-order valence-electron chi connectivity index (χ2n) is 3.47. The summed E-state index contributed by atoms with van der Waals surface area (Å²) in [5.41, 5.74) is 0.551. The summed E-state index contributed by atoms with van der Waals surface area (Å²) >= 11 is 0. The maximum absolute atomic E-state index is 10.5. The van der Waals surface area contributed by atoms with Gasteiger partial charge in [0.2, 0.25) is 0 Å². The molecule has 0 aliphatic carbocycles. The van der Waals surface area contributed by atoms with Crippen LogP contribution in [-0.4, -0.2) is 11.9 Å². The Morgan fingerprint density at radius 1 is 0.667 bits per heavy atom. The van der Waals surface area contributed by atoms with Crippen molar-refractivity contribution in [1.29, 1.82) is 0 Å². The second kappa shape index (κ2) is 11.0. The van der Waals surface area contributed by atoms with Gasteiger partial charge in [-0.1, -0.05) is 36.4 Å². The van der Waals surface area contributed by atoms with Crippen LogP contribution < -0.4 is 10.5 Å².